The SMILES string of the molecule is CCNC(=NCc1cc(Cl)c(OCC)c(OC)c1)N1CCC(OCCCOC)CC1. The lowest BCUT2D eigenvalue weighted by molar-refractivity contribution is 0.00990. The van der Waals surface area contributed by atoms with E-state index in [4.69, 9.17) is 35.5 Å². The summed E-state index contributed by atoms with van der Waals surface area (Å²) in [5, 5.41) is 3.94. The number of likely N-dealkylation sites (tertiary alicyclic amines) is 1. The molecule has 0 atom stereocenters. The summed E-state index contributed by atoms with van der Waals surface area (Å²) in [5.74, 6) is 2.12. The number of nitrogens with zero attached hydrogens (tertiary/aromatic N) is 2. The number of halogens is 1. The smallest absolute Gasteiger partial charge is 0.194 e. The Morgan fingerprint density at radius 3 is 2.60 bits per heavy atom. The highest BCUT2D eigenvalue weighted by Gasteiger charge is 2.22. The number of piperidine rings is 1. The summed E-state index contributed by atoms with van der Waals surface area (Å²) in [6.45, 7) is 9.22. The maximum atomic E-state index is 6.39. The van der Waals surface area contributed by atoms with Crippen molar-refractivity contribution in [2.45, 2.75) is 45.8 Å². The first kappa shape index (κ1) is 24.6. The number of hydrogen-bond acceptors (Lipinski definition) is 5. The van der Waals surface area contributed by atoms with Crippen molar-refractivity contribution in [3.05, 3.63) is 22.7 Å². The normalized spacial score (nSPS) is 15.4. The van der Waals surface area contributed by atoms with E-state index in [0.717, 1.165) is 63.6 Å². The topological polar surface area (TPSA) is 64.6 Å². The Labute approximate surface area is 185 Å². The van der Waals surface area contributed by atoms with Gasteiger partial charge < -0.3 is 29.2 Å². The Kier molecular flexibility index (Phi) is 11.1. The highest BCUT2D eigenvalue weighted by Crippen LogP contribution is 2.36. The van der Waals surface area contributed by atoms with Crippen LogP contribution in [0.25, 0.3) is 0 Å². The Morgan fingerprint density at radius 1 is 1.20 bits per heavy atom. The molecule has 0 unspecified atom stereocenters. The van der Waals surface area contributed by atoms with Crippen LogP contribution in [0.4, 0.5) is 0 Å². The zero-order valence-corrected chi connectivity index (χ0v) is 19.5. The van der Waals surface area contributed by atoms with E-state index in [1.54, 1.807) is 14.2 Å². The molecular formula is C22H36ClN3O4. The lowest BCUT2D eigenvalue weighted by Crippen LogP contribution is -2.47. The molecule has 1 N–H and O–H groups in total. The zero-order valence-electron chi connectivity index (χ0n) is 18.7. The first-order valence-electron chi connectivity index (χ1n) is 10.8. The van der Waals surface area contributed by atoms with E-state index in [1.807, 2.05) is 19.1 Å². The van der Waals surface area contributed by atoms with E-state index >= 15 is 0 Å². The second-order valence-corrected chi connectivity index (χ2v) is 7.52. The number of guanidine groups is 1. The summed E-state index contributed by atoms with van der Waals surface area (Å²) >= 11 is 6.39. The van der Waals surface area contributed by atoms with Crippen LogP contribution in [-0.2, 0) is 16.0 Å². The molecular weight excluding hydrogens is 406 g/mol. The molecule has 2 rings (SSSR count). The van der Waals surface area contributed by atoms with Crippen molar-refractivity contribution in [2.24, 2.45) is 4.99 Å². The molecule has 8 heteroatoms. The maximum Gasteiger partial charge on any atom is 0.194 e. The fourth-order valence-electron chi connectivity index (χ4n) is 3.43. The van der Waals surface area contributed by atoms with Crippen LogP contribution >= 0.6 is 11.6 Å². The van der Waals surface area contributed by atoms with Crippen LogP contribution in [0.1, 0.15) is 38.7 Å². The minimum atomic E-state index is 0.315. The van der Waals surface area contributed by atoms with Crippen molar-refractivity contribution >= 4 is 17.6 Å². The van der Waals surface area contributed by atoms with Crippen molar-refractivity contribution in [1.82, 2.24) is 10.2 Å². The fraction of sp³-hybridized carbons (Fsp3) is 0.682. The second kappa shape index (κ2) is 13.6. The van der Waals surface area contributed by atoms with E-state index in [-0.39, 0.29) is 0 Å². The van der Waals surface area contributed by atoms with Crippen LogP contribution in [0, 0.1) is 0 Å². The van der Waals surface area contributed by atoms with Gasteiger partial charge in [0.1, 0.15) is 0 Å². The molecule has 0 aliphatic carbocycles. The van der Waals surface area contributed by atoms with Gasteiger partial charge in [-0.15, -0.1) is 0 Å². The lowest BCUT2D eigenvalue weighted by atomic mass is 10.1. The molecule has 0 radical (unpaired) electrons. The Hall–Kier alpha value is -1.70. The zero-order chi connectivity index (χ0) is 21.8. The summed E-state index contributed by atoms with van der Waals surface area (Å²) in [5.41, 5.74) is 0.979. The lowest BCUT2D eigenvalue weighted by Gasteiger charge is -2.34. The van der Waals surface area contributed by atoms with Gasteiger partial charge in [0.15, 0.2) is 17.5 Å². The molecule has 0 amide bonds. The van der Waals surface area contributed by atoms with Crippen molar-refractivity contribution in [3.8, 4) is 11.5 Å². The molecule has 1 aromatic rings. The molecule has 30 heavy (non-hydrogen) atoms. The van der Waals surface area contributed by atoms with Crippen LogP contribution in [0.15, 0.2) is 17.1 Å². The summed E-state index contributed by atoms with van der Waals surface area (Å²) in [6.07, 6.45) is 3.25. The predicted molar refractivity (Wildman–Crippen MR) is 121 cm³/mol. The van der Waals surface area contributed by atoms with E-state index in [2.05, 4.69) is 17.1 Å². The van der Waals surface area contributed by atoms with Crippen LogP contribution < -0.4 is 14.8 Å². The number of hydrogen-bond donors (Lipinski definition) is 1. The Bertz CT molecular complexity index is 664. The third-order valence-electron chi connectivity index (χ3n) is 4.91. The van der Waals surface area contributed by atoms with Crippen LogP contribution in [0.2, 0.25) is 5.02 Å². The third-order valence-corrected chi connectivity index (χ3v) is 5.19. The molecule has 0 aromatic heterocycles. The molecule has 0 saturated carbocycles. The highest BCUT2D eigenvalue weighted by molar-refractivity contribution is 6.32. The van der Waals surface area contributed by atoms with Crippen molar-refractivity contribution in [2.75, 3.05) is 53.7 Å². The van der Waals surface area contributed by atoms with Gasteiger partial charge >= 0.3 is 0 Å². The number of nitrogens with one attached hydrogen (secondary N) is 1. The first-order chi connectivity index (χ1) is 14.6. The molecule has 0 bridgehead atoms. The van der Waals surface area contributed by atoms with Gasteiger partial charge in [0.05, 0.1) is 31.4 Å². The largest absolute Gasteiger partial charge is 0.493 e. The van der Waals surface area contributed by atoms with Gasteiger partial charge in [-0.2, -0.15) is 0 Å². The molecule has 1 saturated heterocycles. The molecule has 1 aliphatic rings. The van der Waals surface area contributed by atoms with E-state index in [9.17, 15) is 0 Å². The van der Waals surface area contributed by atoms with Gasteiger partial charge in [-0.05, 0) is 50.8 Å². The first-order valence-corrected chi connectivity index (χ1v) is 11.1. The van der Waals surface area contributed by atoms with Gasteiger partial charge in [0.25, 0.3) is 0 Å². The average Bonchev–Trinajstić information content (AvgIpc) is 2.76. The summed E-state index contributed by atoms with van der Waals surface area (Å²) in [4.78, 5) is 7.13. The summed E-state index contributed by atoms with van der Waals surface area (Å²) < 4.78 is 22.1. The average molecular weight is 442 g/mol. The number of ether oxygens (including phenoxy) is 4. The van der Waals surface area contributed by atoms with E-state index < -0.39 is 0 Å². The molecule has 7 nitrogen and oxygen atoms in total. The van der Waals surface area contributed by atoms with Gasteiger partial charge in [0.2, 0.25) is 0 Å². The number of rotatable bonds is 11. The van der Waals surface area contributed by atoms with Gasteiger partial charge in [-0.25, -0.2) is 4.99 Å². The van der Waals surface area contributed by atoms with Crippen molar-refractivity contribution < 1.29 is 18.9 Å². The molecule has 1 heterocycles. The van der Waals surface area contributed by atoms with Crippen molar-refractivity contribution in [3.63, 3.8) is 0 Å². The third kappa shape index (κ3) is 7.52. The quantitative estimate of drug-likeness (QED) is 0.320. The van der Waals surface area contributed by atoms with Crippen LogP contribution in [-0.4, -0.2) is 70.6 Å². The minimum absolute atomic E-state index is 0.315. The highest BCUT2D eigenvalue weighted by atomic mass is 35.5. The maximum absolute atomic E-state index is 6.39. The van der Waals surface area contributed by atoms with E-state index in [1.165, 1.54) is 0 Å². The summed E-state index contributed by atoms with van der Waals surface area (Å²) in [7, 11) is 3.34. The molecule has 1 aliphatic heterocycles. The Morgan fingerprint density at radius 2 is 1.97 bits per heavy atom. The minimum Gasteiger partial charge on any atom is -0.493 e. The molecule has 0 spiro atoms. The van der Waals surface area contributed by atoms with Crippen molar-refractivity contribution in [1.29, 1.82) is 0 Å². The molecule has 1 aromatic carbocycles. The van der Waals surface area contributed by atoms with Gasteiger partial charge in [-0.3, -0.25) is 0 Å². The summed E-state index contributed by atoms with van der Waals surface area (Å²) in [6, 6.07) is 3.83. The Balaban J connectivity index is 1.97. The standard InChI is InChI=1S/C22H36ClN3O4/c1-5-24-22(26-10-8-18(9-11-26)30-13-7-12-27-3)25-16-17-14-19(23)21(29-6-2)20(15-17)28-4/h14-15,18H,5-13,16H2,1-4H3,(H,24,25). The van der Waals surface area contributed by atoms with E-state index in [0.29, 0.717) is 35.8 Å². The number of aliphatic imine (C=N–C) groups is 1. The number of benzene rings is 1. The van der Waals surface area contributed by atoms with Gasteiger partial charge in [-0.1, -0.05) is 11.6 Å². The predicted octanol–water partition coefficient (Wildman–Crippen LogP) is 3.73. The van der Waals surface area contributed by atoms with Gasteiger partial charge in [0, 0.05) is 40.0 Å². The second-order valence-electron chi connectivity index (χ2n) is 7.12. The molecule has 1 fully saturated rings. The monoisotopic (exact) mass is 441 g/mol. The van der Waals surface area contributed by atoms with Crippen LogP contribution in [0.5, 0.6) is 11.5 Å². The molecule has 170 valence electrons. The fourth-order valence-corrected chi connectivity index (χ4v) is 3.72. The van der Waals surface area contributed by atoms with Crippen LogP contribution in [0.3, 0.4) is 0 Å². The number of methoxy groups -OCH3 is 2.